The highest BCUT2D eigenvalue weighted by Crippen LogP contribution is 2.21. The molecule has 5 nitrogen and oxygen atoms in total. The van der Waals surface area contributed by atoms with E-state index in [-0.39, 0.29) is 5.91 Å². The molecule has 1 heterocycles. The highest BCUT2D eigenvalue weighted by atomic mass is 16.5. The predicted molar refractivity (Wildman–Crippen MR) is 103 cm³/mol. The second kappa shape index (κ2) is 8.16. The Hall–Kier alpha value is -3.34. The number of aryl methyl sites for hydroxylation is 1. The number of methoxy groups -OCH3 is 1. The lowest BCUT2D eigenvalue weighted by atomic mass is 10.1. The molecule has 132 valence electrons. The summed E-state index contributed by atoms with van der Waals surface area (Å²) in [6, 6.07) is 17.3. The standard InChI is InChI=1S/C21H21N3O2/c1-15-6-3-4-7-16(15)13-23-21(25)17-10-19(14-22-12-17)24-18-8-5-9-20(11-18)26-2/h3-12,14,24H,13H2,1-2H3,(H,23,25). The average Bonchev–Trinajstić information content (AvgIpc) is 2.67. The van der Waals surface area contributed by atoms with Crippen LogP contribution in [0.5, 0.6) is 5.75 Å². The number of nitrogens with zero attached hydrogens (tertiary/aromatic N) is 1. The largest absolute Gasteiger partial charge is 0.497 e. The Morgan fingerprint density at radius 2 is 1.88 bits per heavy atom. The van der Waals surface area contributed by atoms with Crippen molar-refractivity contribution in [2.24, 2.45) is 0 Å². The van der Waals surface area contributed by atoms with Gasteiger partial charge < -0.3 is 15.4 Å². The molecule has 3 aromatic rings. The van der Waals surface area contributed by atoms with Gasteiger partial charge in [-0.25, -0.2) is 0 Å². The summed E-state index contributed by atoms with van der Waals surface area (Å²) in [4.78, 5) is 16.6. The molecule has 0 aliphatic carbocycles. The quantitative estimate of drug-likeness (QED) is 0.705. The Kier molecular flexibility index (Phi) is 5.49. The zero-order chi connectivity index (χ0) is 18.4. The van der Waals surface area contributed by atoms with Crippen LogP contribution in [0.3, 0.4) is 0 Å². The number of aromatic nitrogens is 1. The fraction of sp³-hybridized carbons (Fsp3) is 0.143. The summed E-state index contributed by atoms with van der Waals surface area (Å²) in [6.07, 6.45) is 3.24. The summed E-state index contributed by atoms with van der Waals surface area (Å²) >= 11 is 0. The van der Waals surface area contributed by atoms with Crippen molar-refractivity contribution >= 4 is 17.3 Å². The Bertz CT molecular complexity index is 909. The summed E-state index contributed by atoms with van der Waals surface area (Å²) in [5, 5.41) is 6.17. The Labute approximate surface area is 153 Å². The number of benzene rings is 2. The van der Waals surface area contributed by atoms with Gasteiger partial charge in [-0.05, 0) is 36.2 Å². The molecule has 0 unspecified atom stereocenters. The van der Waals surface area contributed by atoms with E-state index >= 15 is 0 Å². The Morgan fingerprint density at radius 3 is 2.69 bits per heavy atom. The van der Waals surface area contributed by atoms with E-state index in [0.717, 1.165) is 28.3 Å². The minimum Gasteiger partial charge on any atom is -0.497 e. The number of carbonyl (C=O) groups is 1. The van der Waals surface area contributed by atoms with Crippen LogP contribution in [0.4, 0.5) is 11.4 Å². The third kappa shape index (κ3) is 4.39. The minimum absolute atomic E-state index is 0.157. The molecule has 1 amide bonds. The first-order valence-electron chi connectivity index (χ1n) is 8.34. The Morgan fingerprint density at radius 1 is 1.04 bits per heavy atom. The summed E-state index contributed by atoms with van der Waals surface area (Å²) in [5.41, 5.74) is 4.36. The average molecular weight is 347 g/mol. The second-order valence-electron chi connectivity index (χ2n) is 5.93. The van der Waals surface area contributed by atoms with Gasteiger partial charge >= 0.3 is 0 Å². The molecule has 0 atom stereocenters. The van der Waals surface area contributed by atoms with E-state index in [1.807, 2.05) is 55.5 Å². The van der Waals surface area contributed by atoms with E-state index in [1.54, 1.807) is 25.6 Å². The molecule has 2 N–H and O–H groups in total. The third-order valence-electron chi connectivity index (χ3n) is 4.06. The SMILES string of the molecule is COc1cccc(Nc2cncc(C(=O)NCc3ccccc3C)c2)c1. The van der Waals surface area contributed by atoms with Gasteiger partial charge in [-0.1, -0.05) is 30.3 Å². The molecule has 0 spiro atoms. The first kappa shape index (κ1) is 17.5. The molecule has 0 saturated heterocycles. The minimum atomic E-state index is -0.157. The van der Waals surface area contributed by atoms with Crippen LogP contribution >= 0.6 is 0 Å². The van der Waals surface area contributed by atoms with Crippen LogP contribution in [0.1, 0.15) is 21.5 Å². The first-order valence-corrected chi connectivity index (χ1v) is 8.34. The molecular weight excluding hydrogens is 326 g/mol. The van der Waals surface area contributed by atoms with E-state index in [4.69, 9.17) is 4.74 Å². The molecule has 1 aromatic heterocycles. The van der Waals surface area contributed by atoms with E-state index in [9.17, 15) is 4.79 Å². The number of anilines is 2. The van der Waals surface area contributed by atoms with Gasteiger partial charge in [-0.2, -0.15) is 0 Å². The van der Waals surface area contributed by atoms with E-state index < -0.39 is 0 Å². The zero-order valence-corrected chi connectivity index (χ0v) is 14.8. The van der Waals surface area contributed by atoms with Crippen molar-refractivity contribution in [3.05, 3.63) is 83.7 Å². The van der Waals surface area contributed by atoms with Gasteiger partial charge in [-0.15, -0.1) is 0 Å². The number of ether oxygens (including phenoxy) is 1. The van der Waals surface area contributed by atoms with Crippen LogP contribution < -0.4 is 15.4 Å². The summed E-state index contributed by atoms with van der Waals surface area (Å²) < 4.78 is 5.22. The van der Waals surface area contributed by atoms with Gasteiger partial charge in [0, 0.05) is 24.5 Å². The topological polar surface area (TPSA) is 63.2 Å². The normalized spacial score (nSPS) is 10.2. The van der Waals surface area contributed by atoms with Crippen molar-refractivity contribution in [2.45, 2.75) is 13.5 Å². The molecule has 0 fully saturated rings. The molecule has 0 saturated carbocycles. The van der Waals surface area contributed by atoms with Crippen molar-refractivity contribution in [3.63, 3.8) is 0 Å². The van der Waals surface area contributed by atoms with Crippen molar-refractivity contribution in [3.8, 4) is 5.75 Å². The lowest BCUT2D eigenvalue weighted by molar-refractivity contribution is 0.0950. The smallest absolute Gasteiger partial charge is 0.253 e. The molecule has 0 aliphatic heterocycles. The summed E-state index contributed by atoms with van der Waals surface area (Å²) in [6.45, 7) is 2.51. The number of rotatable bonds is 6. The van der Waals surface area contributed by atoms with Crippen molar-refractivity contribution in [1.82, 2.24) is 10.3 Å². The first-order chi connectivity index (χ1) is 12.7. The van der Waals surface area contributed by atoms with E-state index in [2.05, 4.69) is 15.6 Å². The molecule has 0 radical (unpaired) electrons. The summed E-state index contributed by atoms with van der Waals surface area (Å²) in [7, 11) is 1.63. The third-order valence-corrected chi connectivity index (χ3v) is 4.06. The molecule has 26 heavy (non-hydrogen) atoms. The molecule has 5 heteroatoms. The number of hydrogen-bond donors (Lipinski definition) is 2. The van der Waals surface area contributed by atoms with Crippen LogP contribution in [-0.2, 0) is 6.54 Å². The lowest BCUT2D eigenvalue weighted by Crippen LogP contribution is -2.23. The van der Waals surface area contributed by atoms with Crippen molar-refractivity contribution in [1.29, 1.82) is 0 Å². The van der Waals surface area contributed by atoms with Crippen LogP contribution in [-0.4, -0.2) is 18.0 Å². The fourth-order valence-corrected chi connectivity index (χ4v) is 2.59. The van der Waals surface area contributed by atoms with Gasteiger partial charge in [0.25, 0.3) is 5.91 Å². The summed E-state index contributed by atoms with van der Waals surface area (Å²) in [5.74, 6) is 0.602. The van der Waals surface area contributed by atoms with Gasteiger partial charge in [0.15, 0.2) is 0 Å². The van der Waals surface area contributed by atoms with Gasteiger partial charge in [0.05, 0.1) is 24.6 Å². The zero-order valence-electron chi connectivity index (χ0n) is 14.8. The molecule has 0 bridgehead atoms. The van der Waals surface area contributed by atoms with E-state index in [0.29, 0.717) is 12.1 Å². The van der Waals surface area contributed by atoms with Crippen LogP contribution in [0.25, 0.3) is 0 Å². The fourth-order valence-electron chi connectivity index (χ4n) is 2.59. The van der Waals surface area contributed by atoms with Crippen LogP contribution in [0.2, 0.25) is 0 Å². The molecule has 2 aromatic carbocycles. The van der Waals surface area contributed by atoms with E-state index in [1.165, 1.54) is 0 Å². The van der Waals surface area contributed by atoms with Crippen molar-refractivity contribution < 1.29 is 9.53 Å². The van der Waals surface area contributed by atoms with Crippen LogP contribution in [0, 0.1) is 6.92 Å². The Balaban J connectivity index is 1.68. The second-order valence-corrected chi connectivity index (χ2v) is 5.93. The van der Waals surface area contributed by atoms with Crippen LogP contribution in [0.15, 0.2) is 67.0 Å². The maximum Gasteiger partial charge on any atom is 0.253 e. The lowest BCUT2D eigenvalue weighted by Gasteiger charge is -2.10. The van der Waals surface area contributed by atoms with Gasteiger partial charge in [0.1, 0.15) is 5.75 Å². The highest BCUT2D eigenvalue weighted by Gasteiger charge is 2.08. The molecule has 3 rings (SSSR count). The molecular formula is C21H21N3O2. The number of carbonyl (C=O) groups excluding carboxylic acids is 1. The highest BCUT2D eigenvalue weighted by molar-refractivity contribution is 5.94. The monoisotopic (exact) mass is 347 g/mol. The predicted octanol–water partition coefficient (Wildman–Crippen LogP) is 4.07. The maximum absolute atomic E-state index is 12.4. The number of hydrogen-bond acceptors (Lipinski definition) is 4. The van der Waals surface area contributed by atoms with Crippen molar-refractivity contribution in [2.75, 3.05) is 12.4 Å². The number of amides is 1. The van der Waals surface area contributed by atoms with Gasteiger partial charge in [-0.3, -0.25) is 9.78 Å². The number of pyridine rings is 1. The maximum atomic E-state index is 12.4. The van der Waals surface area contributed by atoms with Gasteiger partial charge in [0.2, 0.25) is 0 Å². The molecule has 0 aliphatic rings. The number of nitrogens with one attached hydrogen (secondary N) is 2.